The number of nitrogens with zero attached hydrogens (tertiary/aromatic N) is 1. The third kappa shape index (κ3) is 5.22. The van der Waals surface area contributed by atoms with Crippen LogP contribution in [0.2, 0.25) is 0 Å². The minimum atomic E-state index is -2.92. The smallest absolute Gasteiger partial charge is 0.387 e. The van der Waals surface area contributed by atoms with Gasteiger partial charge in [0.15, 0.2) is 0 Å². The lowest BCUT2D eigenvalue weighted by Crippen LogP contribution is -2.25. The van der Waals surface area contributed by atoms with Crippen molar-refractivity contribution < 1.29 is 23.0 Å². The van der Waals surface area contributed by atoms with Crippen molar-refractivity contribution in [2.24, 2.45) is 0 Å². The van der Waals surface area contributed by atoms with Gasteiger partial charge in [-0.2, -0.15) is 8.78 Å². The molecule has 1 aromatic heterocycles. The lowest BCUT2D eigenvalue weighted by molar-refractivity contribution is -0.0499. The van der Waals surface area contributed by atoms with Crippen LogP contribution < -0.4 is 10.1 Å². The van der Waals surface area contributed by atoms with E-state index in [4.69, 9.17) is 0 Å². The number of rotatable bonds is 7. The summed E-state index contributed by atoms with van der Waals surface area (Å²) in [6.45, 7) is -0.948. The molecule has 0 radical (unpaired) electrons. The molecule has 4 nitrogen and oxygen atoms in total. The van der Waals surface area contributed by atoms with E-state index in [9.17, 15) is 18.3 Å². The van der Waals surface area contributed by atoms with Crippen LogP contribution in [-0.4, -0.2) is 23.2 Å². The zero-order valence-corrected chi connectivity index (χ0v) is 12.4. The number of benzene rings is 1. The second-order valence-electron chi connectivity index (χ2n) is 5.03. The van der Waals surface area contributed by atoms with Crippen molar-refractivity contribution >= 4 is 0 Å². The van der Waals surface area contributed by atoms with Gasteiger partial charge in [-0.25, -0.2) is 4.39 Å². The fraction of sp³-hybridized carbons (Fsp3) is 0.312. The van der Waals surface area contributed by atoms with Crippen LogP contribution in [0.1, 0.15) is 30.2 Å². The van der Waals surface area contributed by atoms with Crippen LogP contribution in [0, 0.1) is 5.82 Å². The maximum atomic E-state index is 13.1. The Bertz CT molecular complexity index is 640. The first-order chi connectivity index (χ1) is 11.0. The molecule has 0 aliphatic heterocycles. The molecule has 23 heavy (non-hydrogen) atoms. The number of nitrogens with one attached hydrogen (secondary N) is 1. The molecule has 2 N–H and O–H groups in total. The van der Waals surface area contributed by atoms with Gasteiger partial charge in [-0.1, -0.05) is 12.1 Å². The van der Waals surface area contributed by atoms with Gasteiger partial charge in [-0.15, -0.1) is 0 Å². The average Bonchev–Trinajstić information content (AvgIpc) is 2.52. The van der Waals surface area contributed by atoms with E-state index >= 15 is 0 Å². The zero-order chi connectivity index (χ0) is 16.8. The number of alkyl halides is 2. The summed E-state index contributed by atoms with van der Waals surface area (Å²) in [6, 6.07) is 7.00. The third-order valence-electron chi connectivity index (χ3n) is 3.31. The highest BCUT2D eigenvalue weighted by Crippen LogP contribution is 2.21. The van der Waals surface area contributed by atoms with Gasteiger partial charge in [0.25, 0.3) is 0 Å². The van der Waals surface area contributed by atoms with Crippen molar-refractivity contribution in [3.05, 3.63) is 59.7 Å². The molecule has 2 atom stereocenters. The Morgan fingerprint density at radius 3 is 2.70 bits per heavy atom. The van der Waals surface area contributed by atoms with Crippen molar-refractivity contribution in [2.75, 3.05) is 6.54 Å². The van der Waals surface area contributed by atoms with Gasteiger partial charge >= 0.3 is 6.61 Å². The Kier molecular flexibility index (Phi) is 5.95. The van der Waals surface area contributed by atoms with Crippen LogP contribution in [0.25, 0.3) is 0 Å². The highest BCUT2D eigenvalue weighted by Gasteiger charge is 2.13. The van der Waals surface area contributed by atoms with Crippen LogP contribution in [0.5, 0.6) is 5.75 Å². The summed E-state index contributed by atoms with van der Waals surface area (Å²) in [7, 11) is 0. The van der Waals surface area contributed by atoms with E-state index in [1.165, 1.54) is 30.5 Å². The summed E-state index contributed by atoms with van der Waals surface area (Å²) in [4.78, 5) is 3.76. The Hall–Kier alpha value is -2.12. The molecule has 0 fully saturated rings. The van der Waals surface area contributed by atoms with Crippen LogP contribution >= 0.6 is 0 Å². The minimum Gasteiger partial charge on any atom is -0.435 e. The van der Waals surface area contributed by atoms with E-state index in [2.05, 4.69) is 15.0 Å². The summed E-state index contributed by atoms with van der Waals surface area (Å²) in [5.74, 6) is -0.451. The molecule has 0 spiro atoms. The summed E-state index contributed by atoms with van der Waals surface area (Å²) < 4.78 is 41.8. The molecule has 0 aliphatic carbocycles. The molecule has 1 heterocycles. The Morgan fingerprint density at radius 2 is 2.00 bits per heavy atom. The maximum absolute atomic E-state index is 13.1. The number of aliphatic hydroxyl groups excluding tert-OH is 1. The normalized spacial score (nSPS) is 13.8. The van der Waals surface area contributed by atoms with E-state index in [1.807, 2.05) is 0 Å². The molecular formula is C16H17F3N2O2. The summed E-state index contributed by atoms with van der Waals surface area (Å²) in [5, 5.41) is 13.2. The van der Waals surface area contributed by atoms with E-state index in [0.29, 0.717) is 11.1 Å². The molecule has 0 amide bonds. The van der Waals surface area contributed by atoms with Crippen LogP contribution in [0.4, 0.5) is 13.2 Å². The SMILES string of the molecule is CC(NCC(O)c1cccc(OC(F)F)c1)c1cncc(F)c1. The quantitative estimate of drug-likeness (QED) is 0.820. The van der Waals surface area contributed by atoms with Crippen molar-refractivity contribution in [2.45, 2.75) is 25.7 Å². The van der Waals surface area contributed by atoms with Gasteiger partial charge < -0.3 is 15.2 Å². The van der Waals surface area contributed by atoms with E-state index < -0.39 is 18.5 Å². The Morgan fingerprint density at radius 1 is 1.22 bits per heavy atom. The number of hydrogen-bond acceptors (Lipinski definition) is 4. The van der Waals surface area contributed by atoms with Gasteiger partial charge in [-0.05, 0) is 36.2 Å². The minimum absolute atomic E-state index is 0.0149. The number of pyridine rings is 1. The predicted molar refractivity (Wildman–Crippen MR) is 78.6 cm³/mol. The fourth-order valence-electron chi connectivity index (χ4n) is 2.09. The Balaban J connectivity index is 1.95. The fourth-order valence-corrected chi connectivity index (χ4v) is 2.09. The molecule has 2 unspecified atom stereocenters. The van der Waals surface area contributed by atoms with E-state index in [0.717, 1.165) is 6.20 Å². The lowest BCUT2D eigenvalue weighted by atomic mass is 10.1. The van der Waals surface area contributed by atoms with Gasteiger partial charge in [0.1, 0.15) is 11.6 Å². The molecule has 1 aromatic carbocycles. The first kappa shape index (κ1) is 17.2. The maximum Gasteiger partial charge on any atom is 0.387 e. The second-order valence-corrected chi connectivity index (χ2v) is 5.03. The summed E-state index contributed by atoms with van der Waals surface area (Å²) in [5.41, 5.74) is 1.09. The van der Waals surface area contributed by atoms with Gasteiger partial charge in [0.05, 0.1) is 12.3 Å². The first-order valence-corrected chi connectivity index (χ1v) is 7.02. The zero-order valence-electron chi connectivity index (χ0n) is 12.4. The summed E-state index contributed by atoms with van der Waals surface area (Å²) >= 11 is 0. The monoisotopic (exact) mass is 326 g/mol. The van der Waals surface area contributed by atoms with Crippen molar-refractivity contribution in [3.63, 3.8) is 0 Å². The van der Waals surface area contributed by atoms with E-state index in [-0.39, 0.29) is 18.3 Å². The summed E-state index contributed by atoms with van der Waals surface area (Å²) in [6.07, 6.45) is 1.73. The third-order valence-corrected chi connectivity index (χ3v) is 3.31. The largest absolute Gasteiger partial charge is 0.435 e. The first-order valence-electron chi connectivity index (χ1n) is 7.02. The van der Waals surface area contributed by atoms with E-state index in [1.54, 1.807) is 13.0 Å². The van der Waals surface area contributed by atoms with Gasteiger partial charge in [-0.3, -0.25) is 4.98 Å². The van der Waals surface area contributed by atoms with Gasteiger partial charge in [0.2, 0.25) is 0 Å². The average molecular weight is 326 g/mol. The van der Waals surface area contributed by atoms with Crippen LogP contribution in [0.3, 0.4) is 0 Å². The number of aromatic nitrogens is 1. The predicted octanol–water partition coefficient (Wildman–Crippen LogP) is 3.21. The van der Waals surface area contributed by atoms with Gasteiger partial charge in [0, 0.05) is 18.8 Å². The molecule has 0 saturated heterocycles. The van der Waals surface area contributed by atoms with Crippen molar-refractivity contribution in [1.29, 1.82) is 0 Å². The molecule has 2 aromatic rings. The highest BCUT2D eigenvalue weighted by molar-refractivity contribution is 5.30. The molecule has 0 saturated carbocycles. The Labute approximate surface area is 131 Å². The molecule has 0 aliphatic rings. The second kappa shape index (κ2) is 7.94. The molecular weight excluding hydrogens is 309 g/mol. The van der Waals surface area contributed by atoms with Crippen LogP contribution in [-0.2, 0) is 0 Å². The molecule has 0 bridgehead atoms. The number of aliphatic hydroxyl groups is 1. The number of hydrogen-bond donors (Lipinski definition) is 2. The van der Waals surface area contributed by atoms with Crippen molar-refractivity contribution in [3.8, 4) is 5.75 Å². The lowest BCUT2D eigenvalue weighted by Gasteiger charge is -2.18. The molecule has 7 heteroatoms. The number of ether oxygens (including phenoxy) is 1. The number of halogens is 3. The molecule has 2 rings (SSSR count). The molecule has 124 valence electrons. The highest BCUT2D eigenvalue weighted by atomic mass is 19.3. The van der Waals surface area contributed by atoms with Crippen molar-refractivity contribution in [1.82, 2.24) is 10.3 Å². The topological polar surface area (TPSA) is 54.4 Å². The van der Waals surface area contributed by atoms with Crippen LogP contribution in [0.15, 0.2) is 42.7 Å². The standard InChI is InChI=1S/C16H17F3N2O2/c1-10(12-5-13(17)8-20-7-12)21-9-15(22)11-3-2-4-14(6-11)23-16(18)19/h2-8,10,15-16,21-22H,9H2,1H3.